The second-order valence-corrected chi connectivity index (χ2v) is 7.50. The third-order valence-corrected chi connectivity index (χ3v) is 5.12. The Labute approximate surface area is 147 Å². The summed E-state index contributed by atoms with van der Waals surface area (Å²) in [6.07, 6.45) is 3.34. The summed E-state index contributed by atoms with van der Waals surface area (Å²) in [5, 5.41) is 27.5. The van der Waals surface area contributed by atoms with Crippen LogP contribution in [0.25, 0.3) is 0 Å². The van der Waals surface area contributed by atoms with E-state index in [1.54, 1.807) is 16.7 Å². The molecule has 1 rings (SSSR count). The van der Waals surface area contributed by atoms with Gasteiger partial charge in [0.2, 0.25) is 5.91 Å². The first-order chi connectivity index (χ1) is 11.2. The van der Waals surface area contributed by atoms with Crippen molar-refractivity contribution in [1.82, 2.24) is 4.90 Å². The highest BCUT2D eigenvalue weighted by Gasteiger charge is 2.41. The second kappa shape index (κ2) is 9.62. The Bertz CT molecular complexity index is 443. The molecular formula is C14H28BN3O5S. The van der Waals surface area contributed by atoms with E-state index in [1.807, 2.05) is 6.26 Å². The average Bonchev–Trinajstić information content (AvgIpc) is 2.70. The first-order valence-electron chi connectivity index (χ1n) is 8.11. The summed E-state index contributed by atoms with van der Waals surface area (Å²) >= 11 is 1.61. The molecule has 0 aliphatic carbocycles. The Morgan fingerprint density at radius 1 is 1.46 bits per heavy atom. The number of hydrogen-bond donors (Lipinski definition) is 5. The Kier molecular flexibility index (Phi) is 8.51. The minimum absolute atomic E-state index is 0.112. The molecule has 0 aromatic heterocycles. The van der Waals surface area contributed by atoms with E-state index < -0.39 is 24.7 Å². The molecule has 24 heavy (non-hydrogen) atoms. The van der Waals surface area contributed by atoms with Crippen LogP contribution in [0.2, 0.25) is 6.32 Å². The van der Waals surface area contributed by atoms with Gasteiger partial charge < -0.3 is 31.5 Å². The molecule has 1 aliphatic heterocycles. The summed E-state index contributed by atoms with van der Waals surface area (Å²) in [4.78, 5) is 25.6. The minimum Gasteiger partial charge on any atom is -0.480 e. The van der Waals surface area contributed by atoms with E-state index in [2.05, 4.69) is 0 Å². The van der Waals surface area contributed by atoms with E-state index in [9.17, 15) is 14.7 Å². The molecule has 0 bridgehead atoms. The van der Waals surface area contributed by atoms with Crippen molar-refractivity contribution < 1.29 is 24.7 Å². The van der Waals surface area contributed by atoms with Gasteiger partial charge in [0.05, 0.1) is 6.04 Å². The van der Waals surface area contributed by atoms with Crippen LogP contribution in [-0.2, 0) is 9.59 Å². The van der Waals surface area contributed by atoms with E-state index in [0.29, 0.717) is 19.4 Å². The SMILES string of the molecule is CSCC[C@H](N)C(=O)N1CC[C@@](N)(C(=O)O)C[C@H](CCB(O)O)C1. The Balaban J connectivity index is 2.83. The van der Waals surface area contributed by atoms with Gasteiger partial charge in [-0.25, -0.2) is 0 Å². The third-order valence-electron chi connectivity index (χ3n) is 4.48. The van der Waals surface area contributed by atoms with E-state index in [4.69, 9.17) is 21.5 Å². The lowest BCUT2D eigenvalue weighted by atomic mass is 9.77. The number of nitrogens with zero attached hydrogens (tertiary/aromatic N) is 1. The highest BCUT2D eigenvalue weighted by molar-refractivity contribution is 7.98. The van der Waals surface area contributed by atoms with Crippen LogP contribution in [0.4, 0.5) is 0 Å². The van der Waals surface area contributed by atoms with Gasteiger partial charge in [-0.15, -0.1) is 0 Å². The van der Waals surface area contributed by atoms with Crippen LogP contribution >= 0.6 is 11.8 Å². The zero-order valence-corrected chi connectivity index (χ0v) is 14.9. The van der Waals surface area contributed by atoms with Crippen LogP contribution in [0.15, 0.2) is 0 Å². The Morgan fingerprint density at radius 3 is 2.67 bits per heavy atom. The van der Waals surface area contributed by atoms with Gasteiger partial charge in [0.1, 0.15) is 5.54 Å². The number of aliphatic carboxylic acids is 1. The second-order valence-electron chi connectivity index (χ2n) is 6.51. The molecule has 1 saturated heterocycles. The lowest BCUT2D eigenvalue weighted by molar-refractivity contribution is -0.144. The molecule has 8 nitrogen and oxygen atoms in total. The van der Waals surface area contributed by atoms with Gasteiger partial charge >= 0.3 is 13.1 Å². The lowest BCUT2D eigenvalue weighted by Gasteiger charge is -2.27. The maximum atomic E-state index is 12.5. The number of carboxylic acid groups (broad SMARTS) is 1. The maximum Gasteiger partial charge on any atom is 0.451 e. The normalized spacial score (nSPS) is 25.9. The number of rotatable bonds is 8. The molecule has 7 N–H and O–H groups in total. The average molecular weight is 361 g/mol. The van der Waals surface area contributed by atoms with Crippen LogP contribution in [-0.4, -0.2) is 75.7 Å². The highest BCUT2D eigenvalue weighted by Crippen LogP contribution is 2.28. The predicted octanol–water partition coefficient (Wildman–Crippen LogP) is -1.05. The summed E-state index contributed by atoms with van der Waals surface area (Å²) < 4.78 is 0. The fraction of sp³-hybridized carbons (Fsp3) is 0.857. The minimum atomic E-state index is -1.46. The van der Waals surface area contributed by atoms with Crippen molar-refractivity contribution in [2.24, 2.45) is 17.4 Å². The van der Waals surface area contributed by atoms with Gasteiger partial charge in [-0.05, 0) is 43.5 Å². The van der Waals surface area contributed by atoms with Crippen molar-refractivity contribution in [3.8, 4) is 0 Å². The molecule has 1 heterocycles. The molecule has 0 spiro atoms. The number of carboxylic acids is 1. The van der Waals surface area contributed by atoms with Crippen LogP contribution < -0.4 is 11.5 Å². The summed E-state index contributed by atoms with van der Waals surface area (Å²) in [6, 6.07) is -0.614. The molecule has 138 valence electrons. The topological polar surface area (TPSA) is 150 Å². The van der Waals surface area contributed by atoms with Crippen LogP contribution in [0, 0.1) is 5.92 Å². The number of carbonyl (C=O) groups is 2. The quantitative estimate of drug-likeness (QED) is 0.344. The van der Waals surface area contributed by atoms with E-state index >= 15 is 0 Å². The molecule has 0 unspecified atom stereocenters. The van der Waals surface area contributed by atoms with Crippen molar-refractivity contribution in [3.63, 3.8) is 0 Å². The molecule has 1 amide bonds. The molecular weight excluding hydrogens is 333 g/mol. The molecule has 10 heteroatoms. The number of nitrogens with two attached hydrogens (primary N) is 2. The fourth-order valence-corrected chi connectivity index (χ4v) is 3.48. The van der Waals surface area contributed by atoms with Crippen molar-refractivity contribution in [2.45, 2.75) is 43.6 Å². The molecule has 1 fully saturated rings. The molecule has 3 atom stereocenters. The third kappa shape index (κ3) is 6.25. The smallest absolute Gasteiger partial charge is 0.451 e. The molecule has 0 radical (unpaired) electrons. The van der Waals surface area contributed by atoms with Crippen molar-refractivity contribution >= 4 is 30.8 Å². The van der Waals surface area contributed by atoms with Gasteiger partial charge in [0.25, 0.3) is 0 Å². The molecule has 0 saturated carbocycles. The van der Waals surface area contributed by atoms with Gasteiger partial charge in [-0.3, -0.25) is 9.59 Å². The van der Waals surface area contributed by atoms with Gasteiger partial charge in [-0.1, -0.05) is 6.42 Å². The van der Waals surface area contributed by atoms with Crippen molar-refractivity contribution in [2.75, 3.05) is 25.1 Å². The predicted molar refractivity (Wildman–Crippen MR) is 94.4 cm³/mol. The number of amides is 1. The van der Waals surface area contributed by atoms with Crippen LogP contribution in [0.1, 0.15) is 25.7 Å². The first-order valence-corrected chi connectivity index (χ1v) is 9.50. The number of likely N-dealkylation sites (tertiary alicyclic amines) is 1. The molecule has 0 aromatic carbocycles. The maximum absolute atomic E-state index is 12.5. The van der Waals surface area contributed by atoms with Crippen LogP contribution in [0.3, 0.4) is 0 Å². The molecule has 0 aromatic rings. The fourth-order valence-electron chi connectivity index (χ4n) is 2.99. The summed E-state index contributed by atoms with van der Waals surface area (Å²) in [5.41, 5.74) is 10.6. The molecule has 1 aliphatic rings. The highest BCUT2D eigenvalue weighted by atomic mass is 32.2. The zero-order valence-electron chi connectivity index (χ0n) is 14.1. The van der Waals surface area contributed by atoms with Gasteiger partial charge in [0, 0.05) is 13.1 Å². The largest absolute Gasteiger partial charge is 0.480 e. The summed E-state index contributed by atoms with van der Waals surface area (Å²) in [5.74, 6) is -0.741. The standard InChI is InChI=1S/C14H28BN3O5S/c1-24-7-3-11(16)12(19)18-6-4-14(17,13(20)21)8-10(9-18)2-5-15(22)23/h10-11,22-23H,2-9,16-17H2,1H3,(H,20,21)/t10-,11-,14-/m0/s1. The number of thioether (sulfide) groups is 1. The van der Waals surface area contributed by atoms with Gasteiger partial charge in [-0.2, -0.15) is 11.8 Å². The summed E-state index contributed by atoms with van der Waals surface area (Å²) in [6.45, 7) is 0.581. The lowest BCUT2D eigenvalue weighted by Crippen LogP contribution is -2.50. The number of carbonyl (C=O) groups excluding carboxylic acids is 1. The van der Waals surface area contributed by atoms with Crippen molar-refractivity contribution in [1.29, 1.82) is 0 Å². The van der Waals surface area contributed by atoms with E-state index in [0.717, 1.165) is 5.75 Å². The summed E-state index contributed by atoms with van der Waals surface area (Å²) in [7, 11) is -1.46. The van der Waals surface area contributed by atoms with E-state index in [1.165, 1.54) is 0 Å². The van der Waals surface area contributed by atoms with Gasteiger partial charge in [0.15, 0.2) is 0 Å². The zero-order chi connectivity index (χ0) is 18.3. The van der Waals surface area contributed by atoms with E-state index in [-0.39, 0.29) is 37.5 Å². The van der Waals surface area contributed by atoms with Crippen LogP contribution in [0.5, 0.6) is 0 Å². The van der Waals surface area contributed by atoms with Crippen molar-refractivity contribution in [3.05, 3.63) is 0 Å². The Hall–Kier alpha value is -0.805. The first kappa shape index (κ1) is 21.2. The monoisotopic (exact) mass is 361 g/mol. The Morgan fingerprint density at radius 2 is 2.12 bits per heavy atom. The number of hydrogen-bond acceptors (Lipinski definition) is 7.